The lowest BCUT2D eigenvalue weighted by Gasteiger charge is -2.35. The summed E-state index contributed by atoms with van der Waals surface area (Å²) >= 11 is 0. The first-order chi connectivity index (χ1) is 16.5. The minimum Gasteiger partial charge on any atom is -0.339 e. The second-order valence-electron chi connectivity index (χ2n) is 8.89. The molecule has 0 atom stereocenters. The number of hydrogen-bond donors (Lipinski definition) is 0. The Morgan fingerprint density at radius 1 is 0.824 bits per heavy atom. The molecular weight excluding hydrogens is 430 g/mol. The lowest BCUT2D eigenvalue weighted by Crippen LogP contribution is -2.50. The molecule has 0 saturated carbocycles. The van der Waals surface area contributed by atoms with Gasteiger partial charge >= 0.3 is 0 Å². The highest BCUT2D eigenvalue weighted by Crippen LogP contribution is 2.25. The maximum Gasteiger partial charge on any atom is 0.261 e. The van der Waals surface area contributed by atoms with Crippen LogP contribution >= 0.6 is 0 Å². The highest BCUT2D eigenvalue weighted by atomic mass is 16.2. The molecule has 1 saturated heterocycles. The zero-order chi connectivity index (χ0) is 24.1. The molecule has 4 amide bonds. The number of aryl methyl sites for hydroxylation is 1. The largest absolute Gasteiger partial charge is 0.339 e. The molecule has 34 heavy (non-hydrogen) atoms. The van der Waals surface area contributed by atoms with E-state index in [0.29, 0.717) is 55.8 Å². The van der Waals surface area contributed by atoms with E-state index in [1.807, 2.05) is 30.0 Å². The second-order valence-corrected chi connectivity index (χ2v) is 8.89. The molecule has 2 aliphatic heterocycles. The molecule has 0 unspecified atom stereocenters. The number of nitrogens with zero attached hydrogens (tertiary/aromatic N) is 3. The van der Waals surface area contributed by atoms with Gasteiger partial charge in [0.15, 0.2) is 0 Å². The van der Waals surface area contributed by atoms with Crippen LogP contribution in [0.25, 0.3) is 0 Å². The van der Waals surface area contributed by atoms with Gasteiger partial charge in [0.2, 0.25) is 5.91 Å². The molecule has 0 aliphatic carbocycles. The summed E-state index contributed by atoms with van der Waals surface area (Å²) in [6.45, 7) is 4.32. The summed E-state index contributed by atoms with van der Waals surface area (Å²) in [5.74, 6) is -0.663. The Labute approximate surface area is 200 Å². The monoisotopic (exact) mass is 461 g/mol. The number of unbranched alkanes of at least 4 members (excludes halogenated alkanes) is 1. The van der Waals surface area contributed by atoms with Gasteiger partial charge < -0.3 is 9.80 Å². The van der Waals surface area contributed by atoms with E-state index in [9.17, 15) is 19.2 Å². The lowest BCUT2D eigenvalue weighted by molar-refractivity contribution is -0.132. The van der Waals surface area contributed by atoms with Crippen LogP contribution in [0.1, 0.15) is 69.2 Å². The zero-order valence-electron chi connectivity index (χ0n) is 19.7. The SMILES string of the molecule is CCCCN1C(=O)c2ccc(C(=O)N3CCN(C(=O)CCCc4ccccc4)CC3)cc2C1=O. The molecule has 0 aromatic heterocycles. The molecule has 2 aromatic rings. The minimum absolute atomic E-state index is 0.122. The van der Waals surface area contributed by atoms with Crippen LogP contribution < -0.4 is 0 Å². The first-order valence-electron chi connectivity index (χ1n) is 12.1. The van der Waals surface area contributed by atoms with Gasteiger partial charge in [0, 0.05) is 44.7 Å². The van der Waals surface area contributed by atoms with Gasteiger partial charge in [-0.05, 0) is 43.0 Å². The molecule has 7 heteroatoms. The zero-order valence-corrected chi connectivity index (χ0v) is 19.7. The fraction of sp³-hybridized carbons (Fsp3) is 0.407. The van der Waals surface area contributed by atoms with Crippen molar-refractivity contribution >= 4 is 23.6 Å². The molecule has 178 valence electrons. The van der Waals surface area contributed by atoms with Crippen molar-refractivity contribution in [2.75, 3.05) is 32.7 Å². The van der Waals surface area contributed by atoms with Crippen molar-refractivity contribution in [3.8, 4) is 0 Å². The van der Waals surface area contributed by atoms with Crippen molar-refractivity contribution in [2.24, 2.45) is 0 Å². The molecule has 0 N–H and O–H groups in total. The Kier molecular flexibility index (Phi) is 7.40. The summed E-state index contributed by atoms with van der Waals surface area (Å²) in [6, 6.07) is 14.9. The van der Waals surface area contributed by atoms with Crippen LogP contribution in [0.3, 0.4) is 0 Å². The highest BCUT2D eigenvalue weighted by molar-refractivity contribution is 6.22. The fourth-order valence-corrected chi connectivity index (χ4v) is 4.53. The summed E-state index contributed by atoms with van der Waals surface area (Å²) < 4.78 is 0. The van der Waals surface area contributed by atoms with E-state index in [0.717, 1.165) is 25.7 Å². The average molecular weight is 462 g/mol. The molecule has 2 aliphatic rings. The maximum absolute atomic E-state index is 13.1. The third-order valence-corrected chi connectivity index (χ3v) is 6.57. The van der Waals surface area contributed by atoms with Crippen molar-refractivity contribution in [2.45, 2.75) is 39.0 Å². The average Bonchev–Trinajstić information content (AvgIpc) is 3.11. The number of imide groups is 1. The van der Waals surface area contributed by atoms with Gasteiger partial charge in [0.05, 0.1) is 11.1 Å². The lowest BCUT2D eigenvalue weighted by atomic mass is 10.0. The van der Waals surface area contributed by atoms with Crippen LogP contribution in [0.2, 0.25) is 0 Å². The van der Waals surface area contributed by atoms with Gasteiger partial charge in [-0.2, -0.15) is 0 Å². The number of rotatable bonds is 8. The van der Waals surface area contributed by atoms with Gasteiger partial charge in [-0.1, -0.05) is 43.7 Å². The molecular formula is C27H31N3O4. The van der Waals surface area contributed by atoms with Crippen molar-refractivity contribution in [3.05, 3.63) is 70.8 Å². The van der Waals surface area contributed by atoms with E-state index in [2.05, 4.69) is 12.1 Å². The second kappa shape index (κ2) is 10.6. The number of hydrogen-bond acceptors (Lipinski definition) is 4. The molecule has 2 heterocycles. The maximum atomic E-state index is 13.1. The van der Waals surface area contributed by atoms with E-state index in [-0.39, 0.29) is 23.6 Å². The quantitative estimate of drug-likeness (QED) is 0.565. The van der Waals surface area contributed by atoms with Gasteiger partial charge in [-0.3, -0.25) is 24.1 Å². The topological polar surface area (TPSA) is 78.0 Å². The smallest absolute Gasteiger partial charge is 0.261 e. The number of carbonyl (C=O) groups is 4. The van der Waals surface area contributed by atoms with Crippen LogP contribution in [-0.2, 0) is 11.2 Å². The van der Waals surface area contributed by atoms with E-state index in [4.69, 9.17) is 0 Å². The first-order valence-corrected chi connectivity index (χ1v) is 12.1. The normalized spacial score (nSPS) is 15.6. The molecule has 7 nitrogen and oxygen atoms in total. The molecule has 0 spiro atoms. The number of amides is 4. The van der Waals surface area contributed by atoms with Crippen molar-refractivity contribution in [1.29, 1.82) is 0 Å². The van der Waals surface area contributed by atoms with Gasteiger partial charge in [-0.15, -0.1) is 0 Å². The van der Waals surface area contributed by atoms with E-state index >= 15 is 0 Å². The summed E-state index contributed by atoms with van der Waals surface area (Å²) in [4.78, 5) is 55.7. The standard InChI is InChI=1S/C27H31N3O4/c1-2-3-14-30-26(33)22-13-12-21(19-23(22)27(30)34)25(32)29-17-15-28(16-18-29)24(31)11-7-10-20-8-5-4-6-9-20/h4-6,8-9,12-13,19H,2-3,7,10-11,14-18H2,1H3. The molecule has 1 fully saturated rings. The summed E-state index contributed by atoms with van der Waals surface area (Å²) in [5, 5.41) is 0. The fourth-order valence-electron chi connectivity index (χ4n) is 4.53. The Balaban J connectivity index is 1.30. The highest BCUT2D eigenvalue weighted by Gasteiger charge is 2.36. The number of carbonyl (C=O) groups excluding carboxylic acids is 4. The first kappa shape index (κ1) is 23.7. The summed E-state index contributed by atoms with van der Waals surface area (Å²) in [7, 11) is 0. The number of piperazine rings is 1. The van der Waals surface area contributed by atoms with Crippen LogP contribution in [-0.4, -0.2) is 71.1 Å². The summed E-state index contributed by atoms with van der Waals surface area (Å²) in [5.41, 5.74) is 2.30. The van der Waals surface area contributed by atoms with Crippen molar-refractivity contribution < 1.29 is 19.2 Å². The van der Waals surface area contributed by atoms with Crippen molar-refractivity contribution in [1.82, 2.24) is 14.7 Å². The number of fused-ring (bicyclic) bond motifs is 1. The molecule has 2 aromatic carbocycles. The Hall–Kier alpha value is -3.48. The Morgan fingerprint density at radius 2 is 1.50 bits per heavy atom. The molecule has 0 bridgehead atoms. The van der Waals surface area contributed by atoms with Gasteiger partial charge in [0.25, 0.3) is 17.7 Å². The molecule has 4 rings (SSSR count). The summed E-state index contributed by atoms with van der Waals surface area (Å²) in [6.07, 6.45) is 3.82. The van der Waals surface area contributed by atoms with E-state index in [1.54, 1.807) is 23.1 Å². The molecule has 0 radical (unpaired) electrons. The predicted molar refractivity (Wildman–Crippen MR) is 129 cm³/mol. The van der Waals surface area contributed by atoms with Gasteiger partial charge in [0.1, 0.15) is 0 Å². The predicted octanol–water partition coefficient (Wildman–Crippen LogP) is 3.39. The Bertz CT molecular complexity index is 1070. The third-order valence-electron chi connectivity index (χ3n) is 6.57. The third kappa shape index (κ3) is 5.03. The van der Waals surface area contributed by atoms with Gasteiger partial charge in [-0.25, -0.2) is 0 Å². The Morgan fingerprint density at radius 3 is 2.21 bits per heavy atom. The minimum atomic E-state index is -0.325. The van der Waals surface area contributed by atoms with E-state index < -0.39 is 0 Å². The van der Waals surface area contributed by atoms with Crippen LogP contribution in [0, 0.1) is 0 Å². The van der Waals surface area contributed by atoms with E-state index in [1.165, 1.54) is 10.5 Å². The van der Waals surface area contributed by atoms with Crippen LogP contribution in [0.4, 0.5) is 0 Å². The van der Waals surface area contributed by atoms with Crippen molar-refractivity contribution in [3.63, 3.8) is 0 Å². The number of benzene rings is 2. The van der Waals surface area contributed by atoms with Crippen LogP contribution in [0.5, 0.6) is 0 Å². The van der Waals surface area contributed by atoms with Crippen LogP contribution in [0.15, 0.2) is 48.5 Å².